The summed E-state index contributed by atoms with van der Waals surface area (Å²) in [7, 11) is 0. The van der Waals surface area contributed by atoms with Gasteiger partial charge in [-0.25, -0.2) is 9.18 Å². The average molecular weight is 311 g/mol. The van der Waals surface area contributed by atoms with Crippen molar-refractivity contribution in [2.75, 3.05) is 6.61 Å². The lowest BCUT2D eigenvalue weighted by molar-refractivity contribution is -0.143. The lowest BCUT2D eigenvalue weighted by Gasteiger charge is -2.20. The number of aliphatic carboxylic acids is 1. The van der Waals surface area contributed by atoms with Crippen molar-refractivity contribution < 1.29 is 23.8 Å². The molecule has 0 unspecified atom stereocenters. The Balaban J connectivity index is 2.30. The van der Waals surface area contributed by atoms with Gasteiger partial charge in [-0.15, -0.1) is 0 Å². The number of ether oxygens (including phenoxy) is 1. The van der Waals surface area contributed by atoms with E-state index in [9.17, 15) is 14.0 Å². The van der Waals surface area contributed by atoms with E-state index in [1.165, 1.54) is 24.3 Å². The van der Waals surface area contributed by atoms with Crippen LogP contribution in [0.25, 0.3) is 0 Å². The molecule has 1 amide bonds. The van der Waals surface area contributed by atoms with Crippen molar-refractivity contribution in [2.45, 2.75) is 39.2 Å². The molecule has 0 radical (unpaired) electrons. The Bertz CT molecular complexity index is 489. The van der Waals surface area contributed by atoms with Gasteiger partial charge in [-0.05, 0) is 36.6 Å². The van der Waals surface area contributed by atoms with Gasteiger partial charge < -0.3 is 15.2 Å². The summed E-state index contributed by atoms with van der Waals surface area (Å²) in [4.78, 5) is 22.9. The third kappa shape index (κ3) is 6.11. The SMILES string of the molecule is CC[C@H](C)[C@H](NC(=O)CCCOc1ccc(F)cc1)C(=O)O. The number of halogens is 1. The number of nitrogens with one attached hydrogen (secondary N) is 1. The Hall–Kier alpha value is -2.11. The Kier molecular flexibility index (Phi) is 7.36. The maximum Gasteiger partial charge on any atom is 0.326 e. The summed E-state index contributed by atoms with van der Waals surface area (Å²) in [5.74, 6) is -1.26. The third-order valence-electron chi connectivity index (χ3n) is 3.43. The molecule has 0 fully saturated rings. The molecule has 0 aliphatic carbocycles. The summed E-state index contributed by atoms with van der Waals surface area (Å²) in [6, 6.07) is 4.75. The van der Waals surface area contributed by atoms with Crippen LogP contribution in [-0.4, -0.2) is 29.6 Å². The quantitative estimate of drug-likeness (QED) is 0.687. The molecule has 0 saturated heterocycles. The van der Waals surface area contributed by atoms with Crippen molar-refractivity contribution in [3.63, 3.8) is 0 Å². The van der Waals surface area contributed by atoms with Crippen LogP contribution < -0.4 is 10.1 Å². The molecule has 2 N–H and O–H groups in total. The van der Waals surface area contributed by atoms with Gasteiger partial charge in [0.2, 0.25) is 5.91 Å². The first-order valence-electron chi connectivity index (χ1n) is 7.34. The molecule has 122 valence electrons. The molecule has 1 rings (SSSR count). The molecular weight excluding hydrogens is 289 g/mol. The van der Waals surface area contributed by atoms with Crippen LogP contribution in [0.3, 0.4) is 0 Å². The summed E-state index contributed by atoms with van der Waals surface area (Å²) in [5, 5.41) is 11.6. The number of carbonyl (C=O) groups excluding carboxylic acids is 1. The summed E-state index contributed by atoms with van der Waals surface area (Å²) in [6.45, 7) is 3.97. The first kappa shape index (κ1) is 17.9. The lowest BCUT2D eigenvalue weighted by atomic mass is 9.99. The predicted octanol–water partition coefficient (Wildman–Crippen LogP) is 2.60. The van der Waals surface area contributed by atoms with Crippen LogP contribution in [0.15, 0.2) is 24.3 Å². The van der Waals surface area contributed by atoms with Gasteiger partial charge in [0.1, 0.15) is 17.6 Å². The minimum absolute atomic E-state index is 0.128. The van der Waals surface area contributed by atoms with Crippen molar-refractivity contribution in [1.29, 1.82) is 0 Å². The number of hydrogen-bond acceptors (Lipinski definition) is 3. The molecule has 5 nitrogen and oxygen atoms in total. The van der Waals surface area contributed by atoms with E-state index >= 15 is 0 Å². The van der Waals surface area contributed by atoms with E-state index < -0.39 is 12.0 Å². The van der Waals surface area contributed by atoms with Crippen LogP contribution in [0, 0.1) is 11.7 Å². The molecule has 0 bridgehead atoms. The summed E-state index contributed by atoms with van der Waals surface area (Å²) >= 11 is 0. The van der Waals surface area contributed by atoms with Gasteiger partial charge in [-0.1, -0.05) is 20.3 Å². The molecule has 0 aliphatic heterocycles. The number of hydrogen-bond donors (Lipinski definition) is 2. The predicted molar refractivity (Wildman–Crippen MR) is 80.2 cm³/mol. The zero-order chi connectivity index (χ0) is 16.5. The monoisotopic (exact) mass is 311 g/mol. The standard InChI is InChI=1S/C16H22FNO4/c1-3-11(2)15(16(20)21)18-14(19)5-4-10-22-13-8-6-12(17)7-9-13/h6-9,11,15H,3-5,10H2,1-2H3,(H,18,19)(H,20,21)/t11-,15-/m0/s1. The van der Waals surface area contributed by atoms with E-state index in [1.807, 2.05) is 6.92 Å². The van der Waals surface area contributed by atoms with Gasteiger partial charge in [0.25, 0.3) is 0 Å². The highest BCUT2D eigenvalue weighted by Crippen LogP contribution is 2.12. The van der Waals surface area contributed by atoms with Crippen molar-refractivity contribution >= 4 is 11.9 Å². The first-order valence-corrected chi connectivity index (χ1v) is 7.34. The number of rotatable bonds is 9. The summed E-state index contributed by atoms with van der Waals surface area (Å²) in [6.07, 6.45) is 1.31. The molecule has 0 spiro atoms. The Morgan fingerprint density at radius 3 is 2.50 bits per heavy atom. The fourth-order valence-corrected chi connectivity index (χ4v) is 1.88. The highest BCUT2D eigenvalue weighted by atomic mass is 19.1. The summed E-state index contributed by atoms with van der Waals surface area (Å²) in [5.41, 5.74) is 0. The fraction of sp³-hybridized carbons (Fsp3) is 0.500. The number of carboxylic acid groups (broad SMARTS) is 1. The van der Waals surface area contributed by atoms with Crippen molar-refractivity contribution in [2.24, 2.45) is 5.92 Å². The smallest absolute Gasteiger partial charge is 0.326 e. The maximum absolute atomic E-state index is 12.7. The van der Waals surface area contributed by atoms with E-state index in [0.717, 1.165) is 0 Å². The van der Waals surface area contributed by atoms with Crippen LogP contribution in [-0.2, 0) is 9.59 Å². The Morgan fingerprint density at radius 1 is 1.32 bits per heavy atom. The van der Waals surface area contributed by atoms with Crippen LogP contribution in [0.5, 0.6) is 5.75 Å². The van der Waals surface area contributed by atoms with Crippen molar-refractivity contribution in [3.8, 4) is 5.75 Å². The molecule has 1 aromatic rings. The second-order valence-corrected chi connectivity index (χ2v) is 5.17. The summed E-state index contributed by atoms with van der Waals surface area (Å²) < 4.78 is 18.1. The average Bonchev–Trinajstić information content (AvgIpc) is 2.50. The van der Waals surface area contributed by atoms with Crippen molar-refractivity contribution in [3.05, 3.63) is 30.1 Å². The normalized spacial score (nSPS) is 13.2. The van der Waals surface area contributed by atoms with Crippen molar-refractivity contribution in [1.82, 2.24) is 5.32 Å². The molecule has 0 heterocycles. The molecule has 0 aliphatic rings. The zero-order valence-electron chi connectivity index (χ0n) is 12.8. The molecule has 0 aromatic heterocycles. The lowest BCUT2D eigenvalue weighted by Crippen LogP contribution is -2.45. The molecule has 22 heavy (non-hydrogen) atoms. The van der Waals surface area contributed by atoms with Gasteiger partial charge in [-0.2, -0.15) is 0 Å². The minimum atomic E-state index is -1.02. The second kappa shape index (κ2) is 9.02. The van der Waals surface area contributed by atoms with Gasteiger partial charge in [0.15, 0.2) is 0 Å². The highest BCUT2D eigenvalue weighted by molar-refractivity contribution is 5.83. The number of benzene rings is 1. The van der Waals surface area contributed by atoms with Gasteiger partial charge in [0, 0.05) is 6.42 Å². The van der Waals surface area contributed by atoms with E-state index in [1.54, 1.807) is 6.92 Å². The first-order chi connectivity index (χ1) is 10.4. The molecular formula is C16H22FNO4. The maximum atomic E-state index is 12.7. The fourth-order valence-electron chi connectivity index (χ4n) is 1.88. The van der Waals surface area contributed by atoms with E-state index in [4.69, 9.17) is 9.84 Å². The number of carboxylic acids is 1. The largest absolute Gasteiger partial charge is 0.494 e. The number of amides is 1. The van der Waals surface area contributed by atoms with E-state index in [0.29, 0.717) is 25.2 Å². The topological polar surface area (TPSA) is 75.6 Å². The molecule has 2 atom stereocenters. The molecule has 6 heteroatoms. The third-order valence-corrected chi connectivity index (χ3v) is 3.43. The van der Waals surface area contributed by atoms with E-state index in [2.05, 4.69) is 5.32 Å². The minimum Gasteiger partial charge on any atom is -0.494 e. The second-order valence-electron chi connectivity index (χ2n) is 5.17. The van der Waals surface area contributed by atoms with Crippen LogP contribution in [0.1, 0.15) is 33.1 Å². The Morgan fingerprint density at radius 2 is 1.95 bits per heavy atom. The van der Waals surface area contributed by atoms with Crippen LogP contribution in [0.4, 0.5) is 4.39 Å². The number of carbonyl (C=O) groups is 2. The highest BCUT2D eigenvalue weighted by Gasteiger charge is 2.24. The molecule has 1 aromatic carbocycles. The molecule has 0 saturated carbocycles. The Labute approximate surface area is 129 Å². The van der Waals surface area contributed by atoms with Crippen LogP contribution >= 0.6 is 0 Å². The van der Waals surface area contributed by atoms with Gasteiger partial charge >= 0.3 is 5.97 Å². The van der Waals surface area contributed by atoms with Gasteiger partial charge in [-0.3, -0.25) is 4.79 Å². The van der Waals surface area contributed by atoms with E-state index in [-0.39, 0.29) is 24.1 Å². The van der Waals surface area contributed by atoms with Gasteiger partial charge in [0.05, 0.1) is 6.61 Å². The zero-order valence-corrected chi connectivity index (χ0v) is 12.8. The van der Waals surface area contributed by atoms with Crippen LogP contribution in [0.2, 0.25) is 0 Å².